The molecule has 1 N–H and O–H groups in total. The third-order valence-corrected chi connectivity index (χ3v) is 6.54. The monoisotopic (exact) mass is 394 g/mol. The van der Waals surface area contributed by atoms with E-state index in [-0.39, 0.29) is 23.7 Å². The first-order chi connectivity index (χ1) is 14.1. The minimum absolute atomic E-state index is 0.0335. The number of benzene rings is 2. The molecular weight excluding hydrogens is 363 g/mol. The first-order valence-corrected chi connectivity index (χ1v) is 11.0. The minimum Gasteiger partial charge on any atom is -0.349 e. The zero-order chi connectivity index (χ0) is 20.2. The van der Waals surface area contributed by atoms with Gasteiger partial charge < -0.3 is 5.32 Å². The van der Waals surface area contributed by atoms with Crippen LogP contribution in [0.1, 0.15) is 60.9 Å². The van der Waals surface area contributed by atoms with Crippen molar-refractivity contribution in [2.45, 2.75) is 58.0 Å². The number of carbonyl (C=O) groups is 1. The van der Waals surface area contributed by atoms with E-state index < -0.39 is 0 Å². The van der Waals surface area contributed by atoms with E-state index in [1.165, 1.54) is 42.0 Å². The fourth-order valence-corrected chi connectivity index (χ4v) is 4.66. The van der Waals surface area contributed by atoms with Gasteiger partial charge in [-0.3, -0.25) is 9.69 Å². The van der Waals surface area contributed by atoms with Crippen molar-refractivity contribution < 1.29 is 9.18 Å². The van der Waals surface area contributed by atoms with Crippen molar-refractivity contribution in [3.63, 3.8) is 0 Å². The fourth-order valence-electron chi connectivity index (χ4n) is 4.66. The Labute approximate surface area is 173 Å². The fraction of sp³-hybridized carbons (Fsp3) is 0.480. The SMILES string of the molecule is C[C@@H](NC(=O)C1CCN(Cc2ccccc2F)CC1)c1ccc2c(c1)CCCC2. The molecule has 1 fully saturated rings. The van der Waals surface area contributed by atoms with Crippen molar-refractivity contribution in [2.75, 3.05) is 13.1 Å². The van der Waals surface area contributed by atoms with Crippen molar-refractivity contribution >= 4 is 5.91 Å². The molecule has 0 unspecified atom stereocenters. The number of halogens is 1. The van der Waals surface area contributed by atoms with Gasteiger partial charge in [0.2, 0.25) is 5.91 Å². The van der Waals surface area contributed by atoms with Crippen LogP contribution in [0.25, 0.3) is 0 Å². The molecule has 0 saturated carbocycles. The second kappa shape index (κ2) is 9.08. The van der Waals surface area contributed by atoms with Crippen LogP contribution < -0.4 is 5.32 Å². The number of piperidine rings is 1. The highest BCUT2D eigenvalue weighted by Crippen LogP contribution is 2.26. The summed E-state index contributed by atoms with van der Waals surface area (Å²) in [5.41, 5.74) is 4.87. The number of hydrogen-bond donors (Lipinski definition) is 1. The summed E-state index contributed by atoms with van der Waals surface area (Å²) in [6, 6.07) is 13.7. The van der Waals surface area contributed by atoms with E-state index in [4.69, 9.17) is 0 Å². The van der Waals surface area contributed by atoms with Gasteiger partial charge in [0.25, 0.3) is 0 Å². The molecule has 1 heterocycles. The zero-order valence-corrected chi connectivity index (χ0v) is 17.3. The van der Waals surface area contributed by atoms with Gasteiger partial charge in [0.05, 0.1) is 6.04 Å². The van der Waals surface area contributed by atoms with Crippen LogP contribution in [0.3, 0.4) is 0 Å². The number of carbonyl (C=O) groups excluding carboxylic acids is 1. The Morgan fingerprint density at radius 3 is 2.59 bits per heavy atom. The Balaban J connectivity index is 1.29. The first-order valence-electron chi connectivity index (χ1n) is 11.0. The van der Waals surface area contributed by atoms with Gasteiger partial charge in [-0.25, -0.2) is 4.39 Å². The Bertz CT molecular complexity index is 858. The molecule has 29 heavy (non-hydrogen) atoms. The predicted octanol–water partition coefficient (Wildman–Crippen LogP) is 4.79. The Kier molecular flexibility index (Phi) is 6.29. The molecule has 2 aromatic carbocycles. The molecule has 0 spiro atoms. The lowest BCUT2D eigenvalue weighted by molar-refractivity contribution is -0.127. The number of hydrogen-bond acceptors (Lipinski definition) is 2. The van der Waals surface area contributed by atoms with Crippen LogP contribution in [0.15, 0.2) is 42.5 Å². The molecule has 1 aliphatic heterocycles. The molecule has 4 heteroatoms. The Morgan fingerprint density at radius 2 is 1.83 bits per heavy atom. The predicted molar refractivity (Wildman–Crippen MR) is 114 cm³/mol. The highest BCUT2D eigenvalue weighted by atomic mass is 19.1. The molecule has 0 bridgehead atoms. The lowest BCUT2D eigenvalue weighted by Crippen LogP contribution is -2.41. The number of likely N-dealkylation sites (tertiary alicyclic amines) is 1. The van der Waals surface area contributed by atoms with Crippen LogP contribution >= 0.6 is 0 Å². The topological polar surface area (TPSA) is 32.3 Å². The van der Waals surface area contributed by atoms with E-state index in [2.05, 4.69) is 35.3 Å². The van der Waals surface area contributed by atoms with Crippen molar-refractivity contribution in [1.82, 2.24) is 10.2 Å². The van der Waals surface area contributed by atoms with E-state index in [1.54, 1.807) is 6.07 Å². The maximum atomic E-state index is 13.9. The van der Waals surface area contributed by atoms with E-state index in [9.17, 15) is 9.18 Å². The molecule has 1 amide bonds. The third kappa shape index (κ3) is 4.87. The van der Waals surface area contributed by atoms with Crippen molar-refractivity contribution in [2.24, 2.45) is 5.92 Å². The summed E-state index contributed by atoms with van der Waals surface area (Å²) >= 11 is 0. The summed E-state index contributed by atoms with van der Waals surface area (Å²) in [4.78, 5) is 15.0. The van der Waals surface area contributed by atoms with Gasteiger partial charge in [0.1, 0.15) is 5.82 Å². The van der Waals surface area contributed by atoms with E-state index >= 15 is 0 Å². The highest BCUT2D eigenvalue weighted by Gasteiger charge is 2.26. The zero-order valence-electron chi connectivity index (χ0n) is 17.3. The smallest absolute Gasteiger partial charge is 0.223 e. The lowest BCUT2D eigenvalue weighted by atomic mass is 9.89. The average Bonchev–Trinajstić information content (AvgIpc) is 2.75. The van der Waals surface area contributed by atoms with Crippen molar-refractivity contribution in [3.8, 4) is 0 Å². The van der Waals surface area contributed by atoms with Crippen LogP contribution in [0.2, 0.25) is 0 Å². The average molecular weight is 395 g/mol. The van der Waals surface area contributed by atoms with Crippen molar-refractivity contribution in [3.05, 3.63) is 70.5 Å². The molecule has 154 valence electrons. The Hall–Kier alpha value is -2.20. The van der Waals surface area contributed by atoms with Gasteiger partial charge in [-0.05, 0) is 81.3 Å². The molecule has 0 aromatic heterocycles. The molecule has 1 saturated heterocycles. The lowest BCUT2D eigenvalue weighted by Gasteiger charge is -2.32. The molecule has 0 radical (unpaired) electrons. The van der Waals surface area contributed by atoms with E-state index in [0.717, 1.165) is 37.9 Å². The van der Waals surface area contributed by atoms with Gasteiger partial charge in [-0.2, -0.15) is 0 Å². The van der Waals surface area contributed by atoms with Crippen LogP contribution in [-0.2, 0) is 24.2 Å². The van der Waals surface area contributed by atoms with Gasteiger partial charge in [0, 0.05) is 18.0 Å². The summed E-state index contributed by atoms with van der Waals surface area (Å²) in [6.07, 6.45) is 6.55. The quantitative estimate of drug-likeness (QED) is 0.790. The van der Waals surface area contributed by atoms with Gasteiger partial charge in [-0.15, -0.1) is 0 Å². The number of aryl methyl sites for hydroxylation is 2. The Morgan fingerprint density at radius 1 is 1.10 bits per heavy atom. The summed E-state index contributed by atoms with van der Waals surface area (Å²) in [5, 5.41) is 3.23. The standard InChI is InChI=1S/C25H31FN2O/c1-18(21-11-10-19-6-2-3-7-22(19)16-21)27-25(29)20-12-14-28(15-13-20)17-23-8-4-5-9-24(23)26/h4-5,8-11,16,18,20H,2-3,6-7,12-15,17H2,1H3,(H,27,29)/t18-/m1/s1. The highest BCUT2D eigenvalue weighted by molar-refractivity contribution is 5.79. The second-order valence-electron chi connectivity index (χ2n) is 8.61. The summed E-state index contributed by atoms with van der Waals surface area (Å²) in [6.45, 7) is 4.36. The van der Waals surface area contributed by atoms with Crippen molar-refractivity contribution in [1.29, 1.82) is 0 Å². The third-order valence-electron chi connectivity index (χ3n) is 6.54. The molecular formula is C25H31FN2O. The number of fused-ring (bicyclic) bond motifs is 1. The molecule has 1 atom stereocenters. The first kappa shape index (κ1) is 20.1. The molecule has 2 aliphatic rings. The summed E-state index contributed by atoms with van der Waals surface area (Å²) < 4.78 is 13.9. The largest absolute Gasteiger partial charge is 0.349 e. The number of rotatable bonds is 5. The van der Waals surface area contributed by atoms with Crippen LogP contribution in [-0.4, -0.2) is 23.9 Å². The second-order valence-corrected chi connectivity index (χ2v) is 8.61. The molecule has 3 nitrogen and oxygen atoms in total. The molecule has 1 aliphatic carbocycles. The van der Waals surface area contributed by atoms with E-state index in [0.29, 0.717) is 6.54 Å². The van der Waals surface area contributed by atoms with Gasteiger partial charge >= 0.3 is 0 Å². The van der Waals surface area contributed by atoms with Crippen LogP contribution in [0.5, 0.6) is 0 Å². The minimum atomic E-state index is -0.147. The molecule has 4 rings (SSSR count). The van der Waals surface area contributed by atoms with Crippen LogP contribution in [0, 0.1) is 11.7 Å². The normalized spacial score (nSPS) is 18.8. The maximum absolute atomic E-state index is 13.9. The van der Waals surface area contributed by atoms with Gasteiger partial charge in [0.15, 0.2) is 0 Å². The number of amides is 1. The summed E-state index contributed by atoms with van der Waals surface area (Å²) in [5.74, 6) is 0.0546. The summed E-state index contributed by atoms with van der Waals surface area (Å²) in [7, 11) is 0. The number of nitrogens with zero attached hydrogens (tertiary/aromatic N) is 1. The van der Waals surface area contributed by atoms with Gasteiger partial charge in [-0.1, -0.05) is 36.4 Å². The maximum Gasteiger partial charge on any atom is 0.223 e. The molecule has 2 aromatic rings. The van der Waals surface area contributed by atoms with E-state index in [1.807, 2.05) is 12.1 Å². The number of nitrogens with one attached hydrogen (secondary N) is 1. The van der Waals surface area contributed by atoms with Crippen LogP contribution in [0.4, 0.5) is 4.39 Å².